The van der Waals surface area contributed by atoms with Crippen molar-refractivity contribution < 1.29 is 23.8 Å². The molecule has 1 aliphatic heterocycles. The maximum atomic E-state index is 13.2. The molecule has 0 radical (unpaired) electrons. The quantitative estimate of drug-likeness (QED) is 0.294. The molecule has 11 heteroatoms. The fourth-order valence-corrected chi connectivity index (χ4v) is 5.15. The van der Waals surface area contributed by atoms with Crippen LogP contribution in [-0.4, -0.2) is 80.0 Å². The predicted molar refractivity (Wildman–Crippen MR) is 154 cm³/mol. The molecule has 216 valence electrons. The molecule has 3 amide bonds. The van der Waals surface area contributed by atoms with Crippen LogP contribution in [0.5, 0.6) is 11.5 Å². The lowest BCUT2D eigenvalue weighted by Crippen LogP contribution is -2.45. The maximum absolute atomic E-state index is 13.2. The van der Waals surface area contributed by atoms with Crippen LogP contribution in [-0.2, 0) is 16.1 Å². The number of rotatable bonds is 12. The highest BCUT2D eigenvalue weighted by atomic mass is 16.5. The van der Waals surface area contributed by atoms with E-state index in [1.807, 2.05) is 23.1 Å². The fourth-order valence-electron chi connectivity index (χ4n) is 5.15. The highest BCUT2D eigenvalue weighted by Gasteiger charge is 2.29. The SMILES string of the molecule is COCCCn1c([C@@H]2CCCN(C(=O)C[C@H](N)CNC(=O)Nc3cc(OC)ccc3OC)C2)nc2ccccc21. The number of carbonyl (C=O) groups excluding carboxylic acids is 2. The van der Waals surface area contributed by atoms with Gasteiger partial charge in [0.05, 0.1) is 30.9 Å². The molecule has 2 aromatic carbocycles. The van der Waals surface area contributed by atoms with E-state index < -0.39 is 12.1 Å². The normalized spacial score (nSPS) is 16.0. The third kappa shape index (κ3) is 7.22. The Hall–Kier alpha value is -3.83. The van der Waals surface area contributed by atoms with Crippen LogP contribution in [0.15, 0.2) is 42.5 Å². The minimum atomic E-state index is -0.524. The van der Waals surface area contributed by atoms with E-state index in [-0.39, 0.29) is 24.8 Å². The number of fused-ring (bicyclic) bond motifs is 1. The summed E-state index contributed by atoms with van der Waals surface area (Å²) in [6, 6.07) is 12.3. The van der Waals surface area contributed by atoms with Crippen LogP contribution in [0.2, 0.25) is 0 Å². The highest BCUT2D eigenvalue weighted by molar-refractivity contribution is 5.91. The van der Waals surface area contributed by atoms with Gasteiger partial charge in [-0.2, -0.15) is 0 Å². The third-order valence-electron chi connectivity index (χ3n) is 7.17. The van der Waals surface area contributed by atoms with Crippen LogP contribution in [0.1, 0.15) is 37.4 Å². The molecule has 0 saturated carbocycles. The first-order valence-electron chi connectivity index (χ1n) is 13.7. The van der Waals surface area contributed by atoms with Crippen LogP contribution in [0.4, 0.5) is 10.5 Å². The molecule has 1 aliphatic rings. The van der Waals surface area contributed by atoms with E-state index in [1.54, 1.807) is 32.4 Å². The number of hydrogen-bond acceptors (Lipinski definition) is 7. The Morgan fingerprint density at radius 3 is 2.75 bits per heavy atom. The van der Waals surface area contributed by atoms with Crippen LogP contribution in [0.3, 0.4) is 0 Å². The minimum Gasteiger partial charge on any atom is -0.497 e. The van der Waals surface area contributed by atoms with Gasteiger partial charge in [0.25, 0.3) is 0 Å². The lowest BCUT2D eigenvalue weighted by Gasteiger charge is -2.33. The number of likely N-dealkylation sites (tertiary alicyclic amines) is 1. The lowest BCUT2D eigenvalue weighted by atomic mass is 9.96. The van der Waals surface area contributed by atoms with Crippen molar-refractivity contribution in [3.63, 3.8) is 0 Å². The predicted octanol–water partition coefficient (Wildman–Crippen LogP) is 3.34. The van der Waals surface area contributed by atoms with E-state index in [2.05, 4.69) is 21.3 Å². The molecule has 40 heavy (non-hydrogen) atoms. The monoisotopic (exact) mass is 552 g/mol. The van der Waals surface area contributed by atoms with Gasteiger partial charge in [0.1, 0.15) is 17.3 Å². The number of nitrogens with one attached hydrogen (secondary N) is 2. The number of nitrogens with two attached hydrogens (primary N) is 1. The molecule has 3 aromatic rings. The number of nitrogens with zero attached hydrogens (tertiary/aromatic N) is 3. The number of imidazole rings is 1. The van der Waals surface area contributed by atoms with Gasteiger partial charge in [0.2, 0.25) is 5.91 Å². The summed E-state index contributed by atoms with van der Waals surface area (Å²) in [5, 5.41) is 5.49. The number of anilines is 1. The molecule has 11 nitrogen and oxygen atoms in total. The zero-order chi connectivity index (χ0) is 28.5. The Morgan fingerprint density at radius 2 is 1.98 bits per heavy atom. The van der Waals surface area contributed by atoms with Crippen LogP contribution >= 0.6 is 0 Å². The number of methoxy groups -OCH3 is 3. The summed E-state index contributed by atoms with van der Waals surface area (Å²) in [7, 11) is 4.78. The number of para-hydroxylation sites is 2. The summed E-state index contributed by atoms with van der Waals surface area (Å²) in [5.74, 6) is 2.23. The van der Waals surface area contributed by atoms with E-state index in [1.165, 1.54) is 7.11 Å². The van der Waals surface area contributed by atoms with Crippen molar-refractivity contribution in [2.75, 3.05) is 52.9 Å². The van der Waals surface area contributed by atoms with Gasteiger partial charge in [0, 0.05) is 64.3 Å². The number of benzene rings is 2. The summed E-state index contributed by atoms with van der Waals surface area (Å²) in [6.45, 7) is 2.93. The molecular formula is C29H40N6O5. The molecule has 2 heterocycles. The van der Waals surface area contributed by atoms with E-state index in [0.29, 0.717) is 36.9 Å². The Morgan fingerprint density at radius 1 is 1.15 bits per heavy atom. The number of aromatic nitrogens is 2. The molecule has 4 N–H and O–H groups in total. The summed E-state index contributed by atoms with van der Waals surface area (Å²) in [4.78, 5) is 32.5. The number of piperidine rings is 1. The molecule has 1 aromatic heterocycles. The first-order chi connectivity index (χ1) is 19.4. The smallest absolute Gasteiger partial charge is 0.319 e. The Labute approximate surface area is 235 Å². The topological polar surface area (TPSA) is 133 Å². The first-order valence-corrected chi connectivity index (χ1v) is 13.7. The number of urea groups is 1. The third-order valence-corrected chi connectivity index (χ3v) is 7.17. The lowest BCUT2D eigenvalue weighted by molar-refractivity contribution is -0.132. The van der Waals surface area contributed by atoms with Gasteiger partial charge in [-0.15, -0.1) is 0 Å². The van der Waals surface area contributed by atoms with Crippen molar-refractivity contribution in [3.8, 4) is 11.5 Å². The van der Waals surface area contributed by atoms with Crippen molar-refractivity contribution in [3.05, 3.63) is 48.3 Å². The van der Waals surface area contributed by atoms with E-state index in [0.717, 1.165) is 42.7 Å². The van der Waals surface area contributed by atoms with Gasteiger partial charge in [0.15, 0.2) is 0 Å². The number of ether oxygens (including phenoxy) is 3. The van der Waals surface area contributed by atoms with Gasteiger partial charge in [-0.05, 0) is 43.5 Å². The Bertz CT molecular complexity index is 1300. The molecule has 0 spiro atoms. The molecule has 0 bridgehead atoms. The van der Waals surface area contributed by atoms with Gasteiger partial charge in [-0.25, -0.2) is 9.78 Å². The van der Waals surface area contributed by atoms with Crippen molar-refractivity contribution in [2.24, 2.45) is 5.73 Å². The molecule has 0 unspecified atom stereocenters. The van der Waals surface area contributed by atoms with Gasteiger partial charge >= 0.3 is 6.03 Å². The summed E-state index contributed by atoms with van der Waals surface area (Å²) in [5.41, 5.74) is 8.79. The van der Waals surface area contributed by atoms with Crippen molar-refractivity contribution in [1.82, 2.24) is 19.8 Å². The molecule has 4 rings (SSSR count). The van der Waals surface area contributed by atoms with Crippen LogP contribution in [0.25, 0.3) is 11.0 Å². The number of amides is 3. The second kappa shape index (κ2) is 14.0. The second-order valence-corrected chi connectivity index (χ2v) is 10.0. The fraction of sp³-hybridized carbons (Fsp3) is 0.483. The first kappa shape index (κ1) is 29.2. The number of aryl methyl sites for hydroxylation is 1. The summed E-state index contributed by atoms with van der Waals surface area (Å²) < 4.78 is 18.1. The molecule has 1 saturated heterocycles. The van der Waals surface area contributed by atoms with E-state index in [9.17, 15) is 9.59 Å². The molecular weight excluding hydrogens is 512 g/mol. The number of hydrogen-bond donors (Lipinski definition) is 3. The molecule has 0 aliphatic carbocycles. The van der Waals surface area contributed by atoms with Crippen LogP contribution in [0, 0.1) is 0 Å². The summed E-state index contributed by atoms with van der Waals surface area (Å²) in [6.07, 6.45) is 2.90. The highest BCUT2D eigenvalue weighted by Crippen LogP contribution is 2.30. The average Bonchev–Trinajstić information content (AvgIpc) is 3.35. The van der Waals surface area contributed by atoms with Gasteiger partial charge in [-0.3, -0.25) is 4.79 Å². The molecule has 1 fully saturated rings. The Balaban J connectivity index is 1.32. The minimum absolute atomic E-state index is 0.0177. The van der Waals surface area contributed by atoms with E-state index >= 15 is 0 Å². The maximum Gasteiger partial charge on any atom is 0.319 e. The van der Waals surface area contributed by atoms with Crippen LogP contribution < -0.4 is 25.8 Å². The average molecular weight is 553 g/mol. The summed E-state index contributed by atoms with van der Waals surface area (Å²) >= 11 is 0. The van der Waals surface area contributed by atoms with Crippen molar-refractivity contribution in [2.45, 2.75) is 44.2 Å². The van der Waals surface area contributed by atoms with Gasteiger partial charge in [-0.1, -0.05) is 12.1 Å². The van der Waals surface area contributed by atoms with E-state index in [4.69, 9.17) is 24.9 Å². The zero-order valence-electron chi connectivity index (χ0n) is 23.5. The van der Waals surface area contributed by atoms with Crippen molar-refractivity contribution >= 4 is 28.7 Å². The second-order valence-electron chi connectivity index (χ2n) is 10.0. The standard InChI is InChI=1S/C29H40N6O5/c1-38-15-7-14-35-25-10-5-4-9-23(25)32-28(35)20-8-6-13-34(19-20)27(36)16-21(30)18-31-29(37)33-24-17-22(39-2)11-12-26(24)40-3/h4-5,9-12,17,20-21H,6-8,13-16,18-19,30H2,1-3H3,(H2,31,33,37)/t20-,21+/m1/s1. The Kier molecular flexibility index (Phi) is 10.2. The molecule has 2 atom stereocenters. The van der Waals surface area contributed by atoms with Gasteiger partial charge < -0.3 is 40.0 Å². The largest absolute Gasteiger partial charge is 0.497 e. The van der Waals surface area contributed by atoms with Crippen molar-refractivity contribution in [1.29, 1.82) is 0 Å². The zero-order valence-corrected chi connectivity index (χ0v) is 23.5. The number of carbonyl (C=O) groups is 2.